The van der Waals surface area contributed by atoms with E-state index in [0.717, 1.165) is 47.8 Å². The fraction of sp³-hybridized carbons (Fsp3) is 0.346. The molecule has 1 fully saturated rings. The number of aliphatic imine (C=N–C) groups is 1. The summed E-state index contributed by atoms with van der Waals surface area (Å²) in [6.45, 7) is 15.9. The average molecular weight is 434 g/mol. The van der Waals surface area contributed by atoms with Crippen LogP contribution in [0.5, 0.6) is 0 Å². The third-order valence-electron chi connectivity index (χ3n) is 6.12. The van der Waals surface area contributed by atoms with E-state index in [0.29, 0.717) is 17.2 Å². The number of hydrogen-bond donors (Lipinski definition) is 2. The minimum atomic E-state index is -0.310. The molecule has 1 aromatic rings. The molecule has 0 aromatic heterocycles. The molecular weight excluding hydrogens is 401 g/mol. The van der Waals surface area contributed by atoms with Crippen LogP contribution in [0, 0.1) is 17.1 Å². The molecule has 2 unspecified atom stereocenters. The number of benzene rings is 1. The summed E-state index contributed by atoms with van der Waals surface area (Å²) in [5, 5.41) is 18.7. The van der Waals surface area contributed by atoms with Gasteiger partial charge in [-0.05, 0) is 75.4 Å². The molecule has 3 rings (SSSR count). The maximum atomic E-state index is 13.2. The van der Waals surface area contributed by atoms with Crippen LogP contribution >= 0.6 is 0 Å². The van der Waals surface area contributed by atoms with E-state index in [9.17, 15) is 4.39 Å². The molecule has 1 aromatic carbocycles. The predicted molar refractivity (Wildman–Crippen MR) is 131 cm³/mol. The second-order valence-corrected chi connectivity index (χ2v) is 8.29. The van der Waals surface area contributed by atoms with Gasteiger partial charge in [-0.3, -0.25) is 5.41 Å². The first-order valence-corrected chi connectivity index (χ1v) is 11.0. The molecule has 32 heavy (non-hydrogen) atoms. The van der Waals surface area contributed by atoms with Crippen LogP contribution < -0.4 is 5.32 Å². The Kier molecular flexibility index (Phi) is 7.23. The van der Waals surface area contributed by atoms with Gasteiger partial charge < -0.3 is 5.32 Å². The van der Waals surface area contributed by atoms with Gasteiger partial charge in [0.05, 0.1) is 11.8 Å². The van der Waals surface area contributed by atoms with Gasteiger partial charge >= 0.3 is 0 Å². The molecule has 2 aliphatic rings. The molecule has 1 aliphatic heterocycles. The molecule has 1 saturated carbocycles. The van der Waals surface area contributed by atoms with E-state index in [-0.39, 0.29) is 11.9 Å². The molecule has 0 bridgehead atoms. The van der Waals surface area contributed by atoms with Crippen molar-refractivity contribution in [3.8, 4) is 0 Å². The standard InChI is InChI=1S/C26H32FN5/c1-7-22-25-16(3)9-14-23(25)32(31-22)24(29-8-2)15-17(4)30-19(6)18(5)26(28)20-10-12-21(27)13-11-20/h8,10-13,15,23,25,28,30H,2-3,7,9,14H2,1,4-6H3/b17-15+,19-18+,28-26?,29-24+. The molecule has 0 radical (unpaired) electrons. The Bertz CT molecular complexity index is 1040. The maximum Gasteiger partial charge on any atom is 0.150 e. The van der Waals surface area contributed by atoms with Crippen molar-refractivity contribution in [2.24, 2.45) is 16.0 Å². The topological polar surface area (TPSA) is 63.8 Å². The number of allylic oxidation sites excluding steroid dienone is 3. The number of nitrogens with one attached hydrogen (secondary N) is 2. The van der Waals surface area contributed by atoms with Crippen LogP contribution in [0.2, 0.25) is 0 Å². The van der Waals surface area contributed by atoms with Gasteiger partial charge in [0.25, 0.3) is 0 Å². The summed E-state index contributed by atoms with van der Waals surface area (Å²) in [7, 11) is 0. The largest absolute Gasteiger partial charge is 0.362 e. The molecule has 2 atom stereocenters. The fourth-order valence-corrected chi connectivity index (χ4v) is 4.33. The lowest BCUT2D eigenvalue weighted by Crippen LogP contribution is -2.34. The molecule has 5 nitrogen and oxygen atoms in total. The van der Waals surface area contributed by atoms with Crippen molar-refractivity contribution in [2.75, 3.05) is 0 Å². The Morgan fingerprint density at radius 3 is 2.62 bits per heavy atom. The normalized spacial score (nSPS) is 21.8. The summed E-state index contributed by atoms with van der Waals surface area (Å²) in [4.78, 5) is 4.50. The van der Waals surface area contributed by atoms with E-state index >= 15 is 0 Å². The first-order valence-electron chi connectivity index (χ1n) is 11.0. The summed E-state index contributed by atoms with van der Waals surface area (Å²) in [5.41, 5.74) is 5.95. The molecule has 6 heteroatoms. The number of fused-ring (bicyclic) bond motifs is 1. The zero-order valence-electron chi connectivity index (χ0n) is 19.4. The first-order chi connectivity index (χ1) is 15.3. The minimum Gasteiger partial charge on any atom is -0.362 e. The highest BCUT2D eigenvalue weighted by Crippen LogP contribution is 2.40. The van der Waals surface area contributed by atoms with Gasteiger partial charge in [0.15, 0.2) is 5.84 Å². The van der Waals surface area contributed by atoms with Crippen LogP contribution in [0.4, 0.5) is 4.39 Å². The fourth-order valence-electron chi connectivity index (χ4n) is 4.33. The molecule has 1 heterocycles. The van der Waals surface area contributed by atoms with Gasteiger partial charge in [-0.25, -0.2) is 14.4 Å². The minimum absolute atomic E-state index is 0.255. The summed E-state index contributed by atoms with van der Waals surface area (Å²) < 4.78 is 13.2. The number of hydrazone groups is 1. The third-order valence-corrected chi connectivity index (χ3v) is 6.12. The van der Waals surface area contributed by atoms with E-state index in [1.807, 2.05) is 31.9 Å². The van der Waals surface area contributed by atoms with E-state index in [1.165, 1.54) is 23.9 Å². The van der Waals surface area contributed by atoms with Crippen LogP contribution in [0.25, 0.3) is 0 Å². The molecular formula is C26H32FN5. The summed E-state index contributed by atoms with van der Waals surface area (Å²) in [5.74, 6) is 0.726. The number of amidine groups is 1. The van der Waals surface area contributed by atoms with Crippen molar-refractivity contribution in [3.63, 3.8) is 0 Å². The number of halogens is 1. The van der Waals surface area contributed by atoms with E-state index in [2.05, 4.69) is 30.4 Å². The molecule has 1 aliphatic carbocycles. The Balaban J connectivity index is 1.81. The highest BCUT2D eigenvalue weighted by molar-refractivity contribution is 6.10. The molecule has 0 amide bonds. The second kappa shape index (κ2) is 9.90. The predicted octanol–water partition coefficient (Wildman–Crippen LogP) is 5.94. The second-order valence-electron chi connectivity index (χ2n) is 8.29. The molecule has 2 N–H and O–H groups in total. The van der Waals surface area contributed by atoms with Gasteiger partial charge in [0.2, 0.25) is 0 Å². The number of rotatable bonds is 7. The molecule has 0 spiro atoms. The zero-order chi connectivity index (χ0) is 23.4. The van der Waals surface area contributed by atoms with Crippen LogP contribution in [0.3, 0.4) is 0 Å². The maximum absolute atomic E-state index is 13.2. The van der Waals surface area contributed by atoms with E-state index < -0.39 is 0 Å². The molecule has 168 valence electrons. The van der Waals surface area contributed by atoms with Crippen molar-refractivity contribution >= 4 is 17.3 Å². The lowest BCUT2D eigenvalue weighted by molar-refractivity contribution is 0.343. The quantitative estimate of drug-likeness (QED) is 0.318. The van der Waals surface area contributed by atoms with Crippen LogP contribution in [-0.2, 0) is 0 Å². The van der Waals surface area contributed by atoms with Crippen molar-refractivity contribution in [1.29, 1.82) is 5.41 Å². The Morgan fingerprint density at radius 2 is 2.00 bits per heavy atom. The number of hydrogen-bond acceptors (Lipinski definition) is 4. The van der Waals surface area contributed by atoms with Gasteiger partial charge in [0, 0.05) is 35.3 Å². The number of nitrogens with zero attached hydrogens (tertiary/aromatic N) is 3. The average Bonchev–Trinajstić information content (AvgIpc) is 3.33. The van der Waals surface area contributed by atoms with Crippen LogP contribution in [0.1, 0.15) is 52.5 Å². The lowest BCUT2D eigenvalue weighted by Gasteiger charge is -2.23. The third kappa shape index (κ3) is 4.79. The summed E-state index contributed by atoms with van der Waals surface area (Å²) in [6.07, 6.45) is 6.42. The van der Waals surface area contributed by atoms with Crippen molar-refractivity contribution < 1.29 is 4.39 Å². The highest BCUT2D eigenvalue weighted by Gasteiger charge is 2.43. The molecule has 0 saturated heterocycles. The zero-order valence-corrected chi connectivity index (χ0v) is 19.4. The Hall–Kier alpha value is -3.28. The lowest BCUT2D eigenvalue weighted by atomic mass is 9.94. The SMILES string of the molecule is C=C/N=C(\C=C(/C)N/C(C)=C(\C)C(=N)c1ccc(F)cc1)N1N=C(CC)C2C(=C)CCC21. The van der Waals surface area contributed by atoms with Crippen LogP contribution in [-0.4, -0.2) is 28.3 Å². The van der Waals surface area contributed by atoms with Gasteiger partial charge in [-0.2, -0.15) is 5.10 Å². The van der Waals surface area contributed by atoms with Crippen molar-refractivity contribution in [3.05, 3.63) is 83.6 Å². The van der Waals surface area contributed by atoms with Crippen molar-refractivity contribution in [2.45, 2.75) is 53.0 Å². The van der Waals surface area contributed by atoms with Gasteiger partial charge in [-0.1, -0.05) is 25.7 Å². The van der Waals surface area contributed by atoms with Crippen molar-refractivity contribution in [1.82, 2.24) is 10.3 Å². The summed E-state index contributed by atoms with van der Waals surface area (Å²) >= 11 is 0. The first kappa shape index (κ1) is 23.4. The van der Waals surface area contributed by atoms with Gasteiger partial charge in [-0.15, -0.1) is 0 Å². The van der Waals surface area contributed by atoms with Gasteiger partial charge in [0.1, 0.15) is 5.82 Å². The van der Waals surface area contributed by atoms with Crippen LogP contribution in [0.15, 0.2) is 82.3 Å². The van der Waals surface area contributed by atoms with E-state index in [1.54, 1.807) is 12.1 Å². The monoisotopic (exact) mass is 433 g/mol. The Labute approximate surface area is 190 Å². The summed E-state index contributed by atoms with van der Waals surface area (Å²) in [6, 6.07) is 6.23. The smallest absolute Gasteiger partial charge is 0.150 e. The Morgan fingerprint density at radius 1 is 1.31 bits per heavy atom. The van der Waals surface area contributed by atoms with E-state index in [4.69, 9.17) is 10.5 Å². The highest BCUT2D eigenvalue weighted by atomic mass is 19.1.